The van der Waals surface area contributed by atoms with Gasteiger partial charge in [-0.05, 0) is 42.7 Å². The molecule has 2 aromatic rings. The second-order valence-corrected chi connectivity index (χ2v) is 9.74. The highest BCUT2D eigenvalue weighted by atomic mass is 16.5. The summed E-state index contributed by atoms with van der Waals surface area (Å²) in [4.78, 5) is 41.6. The van der Waals surface area contributed by atoms with Crippen LogP contribution in [0, 0.1) is 0 Å². The predicted octanol–water partition coefficient (Wildman–Crippen LogP) is 3.33. The summed E-state index contributed by atoms with van der Waals surface area (Å²) in [5.74, 6) is -1.20. The molecule has 2 amide bonds. The molecule has 2 fully saturated rings. The van der Waals surface area contributed by atoms with Crippen LogP contribution in [0.15, 0.2) is 54.6 Å². The normalized spacial score (nSPS) is 17.8. The van der Waals surface area contributed by atoms with E-state index in [1.165, 1.54) is 12.5 Å². The van der Waals surface area contributed by atoms with E-state index in [4.69, 9.17) is 4.74 Å². The predicted molar refractivity (Wildman–Crippen MR) is 140 cm³/mol. The minimum Gasteiger partial charge on any atom is -0.454 e. The number of carbonyl (C=O) groups is 3. The topological polar surface area (TPSA) is 91.0 Å². The Bertz CT molecular complexity index is 1030. The number of anilines is 2. The van der Waals surface area contributed by atoms with Crippen molar-refractivity contribution in [2.24, 2.45) is 0 Å². The summed E-state index contributed by atoms with van der Waals surface area (Å²) in [5.41, 5.74) is 2.09. The summed E-state index contributed by atoms with van der Waals surface area (Å²) in [6, 6.07) is 18.3. The Labute approximate surface area is 213 Å². The summed E-state index contributed by atoms with van der Waals surface area (Å²) in [6.45, 7) is 5.87. The SMILES string of the molecule is CC(=O)NC1(C(=O)OCC(=O)Nc2ccc(N3CCN(Cc4ccccc4)CC3)cc2)CCCCC1. The third kappa shape index (κ3) is 6.85. The van der Waals surface area contributed by atoms with Gasteiger partial charge >= 0.3 is 5.97 Å². The first-order chi connectivity index (χ1) is 17.4. The van der Waals surface area contributed by atoms with Crippen molar-refractivity contribution in [3.05, 3.63) is 60.2 Å². The maximum Gasteiger partial charge on any atom is 0.332 e. The fourth-order valence-electron chi connectivity index (χ4n) is 5.10. The lowest BCUT2D eigenvalue weighted by Gasteiger charge is -2.36. The van der Waals surface area contributed by atoms with Crippen molar-refractivity contribution in [3.63, 3.8) is 0 Å². The minimum atomic E-state index is -1.02. The smallest absolute Gasteiger partial charge is 0.332 e. The third-order valence-electron chi connectivity index (χ3n) is 6.99. The number of esters is 1. The summed E-state index contributed by atoms with van der Waals surface area (Å²) in [6.07, 6.45) is 3.78. The van der Waals surface area contributed by atoms with E-state index in [1.807, 2.05) is 30.3 Å². The Hall–Kier alpha value is -3.39. The van der Waals surface area contributed by atoms with Crippen LogP contribution in [0.25, 0.3) is 0 Å². The Morgan fingerprint density at radius 3 is 2.19 bits per heavy atom. The first kappa shape index (κ1) is 25.7. The summed E-state index contributed by atoms with van der Waals surface area (Å²) in [7, 11) is 0. The van der Waals surface area contributed by atoms with E-state index in [2.05, 4.69) is 44.7 Å². The van der Waals surface area contributed by atoms with Gasteiger partial charge in [-0.25, -0.2) is 4.79 Å². The maximum atomic E-state index is 12.7. The van der Waals surface area contributed by atoms with Crippen LogP contribution in [0.5, 0.6) is 0 Å². The van der Waals surface area contributed by atoms with Crippen molar-refractivity contribution >= 4 is 29.2 Å². The quantitative estimate of drug-likeness (QED) is 0.550. The first-order valence-electron chi connectivity index (χ1n) is 12.8. The monoisotopic (exact) mass is 492 g/mol. The highest BCUT2D eigenvalue weighted by Crippen LogP contribution is 2.29. The minimum absolute atomic E-state index is 0.268. The number of nitrogens with zero attached hydrogens (tertiary/aromatic N) is 2. The molecule has 2 aromatic carbocycles. The van der Waals surface area contributed by atoms with Gasteiger partial charge in [0.2, 0.25) is 5.91 Å². The standard InChI is InChI=1S/C28H36N4O4/c1-22(33)30-28(14-6-3-7-15-28)27(35)36-21-26(34)29-24-10-12-25(13-11-24)32-18-16-31(17-19-32)20-23-8-4-2-5-9-23/h2,4-5,8-13H,3,6-7,14-21H2,1H3,(H,29,34)(H,30,33). The molecule has 2 aliphatic rings. The highest BCUT2D eigenvalue weighted by Gasteiger charge is 2.42. The molecule has 2 N–H and O–H groups in total. The van der Waals surface area contributed by atoms with Crippen LogP contribution in [-0.4, -0.2) is 61.0 Å². The Morgan fingerprint density at radius 1 is 0.889 bits per heavy atom. The molecule has 0 atom stereocenters. The lowest BCUT2D eigenvalue weighted by Crippen LogP contribution is -2.56. The number of carbonyl (C=O) groups excluding carboxylic acids is 3. The lowest BCUT2D eigenvalue weighted by atomic mass is 9.81. The lowest BCUT2D eigenvalue weighted by molar-refractivity contribution is -0.157. The van der Waals surface area contributed by atoms with E-state index in [1.54, 1.807) is 0 Å². The Kier molecular flexibility index (Phi) is 8.59. The van der Waals surface area contributed by atoms with Crippen molar-refractivity contribution < 1.29 is 19.1 Å². The maximum absolute atomic E-state index is 12.7. The zero-order valence-corrected chi connectivity index (χ0v) is 21.0. The van der Waals surface area contributed by atoms with Crippen LogP contribution >= 0.6 is 0 Å². The molecule has 192 valence electrons. The molecule has 8 heteroatoms. The van der Waals surface area contributed by atoms with Crippen LogP contribution in [-0.2, 0) is 25.7 Å². The van der Waals surface area contributed by atoms with E-state index >= 15 is 0 Å². The van der Waals surface area contributed by atoms with Gasteiger partial charge in [0.1, 0.15) is 5.54 Å². The third-order valence-corrected chi connectivity index (χ3v) is 6.99. The molecule has 1 saturated heterocycles. The van der Waals surface area contributed by atoms with E-state index in [9.17, 15) is 14.4 Å². The number of amides is 2. The second kappa shape index (κ2) is 12.0. The van der Waals surface area contributed by atoms with Crippen molar-refractivity contribution in [2.75, 3.05) is 43.0 Å². The second-order valence-electron chi connectivity index (χ2n) is 9.74. The number of piperazine rings is 1. The summed E-state index contributed by atoms with van der Waals surface area (Å²) >= 11 is 0. The zero-order valence-electron chi connectivity index (χ0n) is 21.0. The van der Waals surface area contributed by atoms with Crippen LogP contribution < -0.4 is 15.5 Å². The number of rotatable bonds is 8. The van der Waals surface area contributed by atoms with Crippen molar-refractivity contribution in [3.8, 4) is 0 Å². The first-order valence-corrected chi connectivity index (χ1v) is 12.8. The molecule has 0 unspecified atom stereocenters. The van der Waals surface area contributed by atoms with Crippen molar-refractivity contribution in [1.82, 2.24) is 10.2 Å². The van der Waals surface area contributed by atoms with Gasteiger partial charge in [-0.1, -0.05) is 49.6 Å². The van der Waals surface area contributed by atoms with Gasteiger partial charge in [-0.15, -0.1) is 0 Å². The molecule has 0 radical (unpaired) electrons. The van der Waals surface area contributed by atoms with Crippen LogP contribution in [0.4, 0.5) is 11.4 Å². The zero-order chi connectivity index (χ0) is 25.4. The van der Waals surface area contributed by atoms with Gasteiger partial charge < -0.3 is 20.3 Å². The van der Waals surface area contributed by atoms with Gasteiger partial charge in [0.15, 0.2) is 6.61 Å². The van der Waals surface area contributed by atoms with Gasteiger partial charge in [-0.3, -0.25) is 14.5 Å². The molecule has 1 saturated carbocycles. The molecule has 4 rings (SSSR count). The van der Waals surface area contributed by atoms with Crippen LogP contribution in [0.3, 0.4) is 0 Å². The molecular weight excluding hydrogens is 456 g/mol. The molecule has 0 aromatic heterocycles. The molecule has 1 aliphatic carbocycles. The number of nitrogens with one attached hydrogen (secondary N) is 2. The number of hydrogen-bond acceptors (Lipinski definition) is 6. The number of hydrogen-bond donors (Lipinski definition) is 2. The van der Waals surface area contributed by atoms with E-state index in [0.717, 1.165) is 57.7 Å². The molecule has 8 nitrogen and oxygen atoms in total. The van der Waals surface area contributed by atoms with Gasteiger partial charge in [0, 0.05) is 51.0 Å². The number of ether oxygens (including phenoxy) is 1. The average molecular weight is 493 g/mol. The molecule has 0 bridgehead atoms. The number of benzene rings is 2. The Morgan fingerprint density at radius 2 is 1.56 bits per heavy atom. The Balaban J connectivity index is 1.23. The summed E-state index contributed by atoms with van der Waals surface area (Å²) in [5, 5.41) is 5.56. The fraction of sp³-hybridized carbons (Fsp3) is 0.464. The average Bonchev–Trinajstić information content (AvgIpc) is 2.89. The van der Waals surface area contributed by atoms with E-state index < -0.39 is 17.4 Å². The van der Waals surface area contributed by atoms with E-state index in [0.29, 0.717) is 18.5 Å². The van der Waals surface area contributed by atoms with Gasteiger partial charge in [-0.2, -0.15) is 0 Å². The summed E-state index contributed by atoms with van der Waals surface area (Å²) < 4.78 is 5.31. The van der Waals surface area contributed by atoms with Gasteiger partial charge in [0.25, 0.3) is 5.91 Å². The van der Waals surface area contributed by atoms with Crippen LogP contribution in [0.2, 0.25) is 0 Å². The largest absolute Gasteiger partial charge is 0.454 e. The van der Waals surface area contributed by atoms with E-state index in [-0.39, 0.29) is 12.5 Å². The molecule has 1 heterocycles. The van der Waals surface area contributed by atoms with Crippen LogP contribution in [0.1, 0.15) is 44.6 Å². The highest BCUT2D eigenvalue weighted by molar-refractivity contribution is 5.94. The van der Waals surface area contributed by atoms with Crippen molar-refractivity contribution in [2.45, 2.75) is 51.1 Å². The molecular formula is C28H36N4O4. The molecule has 36 heavy (non-hydrogen) atoms. The van der Waals surface area contributed by atoms with Gasteiger partial charge in [0.05, 0.1) is 0 Å². The van der Waals surface area contributed by atoms with Crippen molar-refractivity contribution in [1.29, 1.82) is 0 Å². The molecule has 1 aliphatic heterocycles. The fourth-order valence-corrected chi connectivity index (χ4v) is 5.10. The molecule has 0 spiro atoms.